The van der Waals surface area contributed by atoms with Gasteiger partial charge in [0, 0.05) is 49.7 Å². The topological polar surface area (TPSA) is 71.8 Å². The van der Waals surface area contributed by atoms with Crippen LogP contribution < -0.4 is 4.74 Å². The van der Waals surface area contributed by atoms with Gasteiger partial charge in [-0.2, -0.15) is 0 Å². The number of aryl methyl sites for hydroxylation is 1. The Morgan fingerprint density at radius 2 is 1.81 bits per heavy atom. The van der Waals surface area contributed by atoms with Crippen LogP contribution in [0, 0.1) is 5.92 Å². The maximum atomic E-state index is 13.1. The van der Waals surface area contributed by atoms with E-state index in [-0.39, 0.29) is 11.5 Å². The highest BCUT2D eigenvalue weighted by Gasteiger charge is 2.21. The minimum Gasteiger partial charge on any atom is -0.496 e. The van der Waals surface area contributed by atoms with Crippen LogP contribution >= 0.6 is 0 Å². The lowest BCUT2D eigenvalue weighted by atomic mass is 10.0. The van der Waals surface area contributed by atoms with E-state index in [1.54, 1.807) is 25.3 Å². The number of hydrogen-bond donors (Lipinski definition) is 1. The average Bonchev–Trinajstić information content (AvgIpc) is 3.41. The second-order valence-electron chi connectivity index (χ2n) is 8.84. The van der Waals surface area contributed by atoms with Crippen LogP contribution in [0.1, 0.15) is 57.5 Å². The Labute approximate surface area is 188 Å². The van der Waals surface area contributed by atoms with E-state index in [4.69, 9.17) is 4.74 Å². The van der Waals surface area contributed by atoms with Crippen LogP contribution in [0.15, 0.2) is 42.6 Å². The molecule has 1 saturated carbocycles. The summed E-state index contributed by atoms with van der Waals surface area (Å²) in [6, 6.07) is 10.8. The summed E-state index contributed by atoms with van der Waals surface area (Å²) in [6.45, 7) is 0.811. The second kappa shape index (κ2) is 9.07. The van der Waals surface area contributed by atoms with Crippen LogP contribution in [0.3, 0.4) is 0 Å². The molecule has 0 atom stereocenters. The van der Waals surface area contributed by atoms with E-state index in [1.807, 2.05) is 37.2 Å². The highest BCUT2D eigenvalue weighted by atomic mass is 16.5. The molecule has 0 spiro atoms. The van der Waals surface area contributed by atoms with Crippen molar-refractivity contribution >= 4 is 22.8 Å². The van der Waals surface area contributed by atoms with Gasteiger partial charge in [0.25, 0.3) is 5.91 Å². The molecule has 32 heavy (non-hydrogen) atoms. The molecule has 0 radical (unpaired) electrons. The van der Waals surface area contributed by atoms with Crippen LogP contribution in [0.25, 0.3) is 10.9 Å². The third-order valence-corrected chi connectivity index (χ3v) is 6.59. The van der Waals surface area contributed by atoms with Gasteiger partial charge in [-0.1, -0.05) is 18.9 Å². The lowest BCUT2D eigenvalue weighted by Crippen LogP contribution is -2.31. The smallest absolute Gasteiger partial charge is 0.335 e. The van der Waals surface area contributed by atoms with Gasteiger partial charge in [-0.05, 0) is 60.2 Å². The standard InChI is InChI=1S/C26H30N2O4/c1-27-16-21(12-18-8-9-20(26(30)31)14-24(18)32-3)22-13-19(10-11-23(22)27)25(29)28(2)15-17-6-4-5-7-17/h8-11,13-14,16-17H,4-7,12,15H2,1-3H3,(H,30,31). The summed E-state index contributed by atoms with van der Waals surface area (Å²) in [4.78, 5) is 26.2. The molecule has 0 bridgehead atoms. The summed E-state index contributed by atoms with van der Waals surface area (Å²) in [5.41, 5.74) is 3.91. The fourth-order valence-electron chi connectivity index (χ4n) is 4.86. The summed E-state index contributed by atoms with van der Waals surface area (Å²) in [6.07, 6.45) is 7.59. The number of hydrogen-bond acceptors (Lipinski definition) is 3. The maximum absolute atomic E-state index is 13.1. The number of carboxylic acid groups (broad SMARTS) is 1. The van der Waals surface area contributed by atoms with Crippen molar-refractivity contribution in [2.45, 2.75) is 32.1 Å². The molecule has 0 aliphatic heterocycles. The third kappa shape index (κ3) is 4.35. The Kier molecular flexibility index (Phi) is 6.21. The number of aromatic nitrogens is 1. The van der Waals surface area contributed by atoms with E-state index in [0.29, 0.717) is 23.7 Å². The SMILES string of the molecule is COc1cc(C(=O)O)ccc1Cc1cn(C)c2ccc(C(=O)N(C)CC3CCCC3)cc12. The number of ether oxygens (including phenoxy) is 1. The van der Waals surface area contributed by atoms with Gasteiger partial charge in [0.1, 0.15) is 5.75 Å². The number of benzene rings is 2. The first-order valence-electron chi connectivity index (χ1n) is 11.1. The summed E-state index contributed by atoms with van der Waals surface area (Å²) in [5.74, 6) is 0.230. The number of carbonyl (C=O) groups excluding carboxylic acids is 1. The van der Waals surface area contributed by atoms with Gasteiger partial charge in [-0.25, -0.2) is 4.79 Å². The summed E-state index contributed by atoms with van der Waals surface area (Å²) < 4.78 is 7.51. The quantitative estimate of drug-likeness (QED) is 0.583. The van der Waals surface area contributed by atoms with E-state index < -0.39 is 5.97 Å². The molecular formula is C26H30N2O4. The molecule has 4 rings (SSSR count). The van der Waals surface area contributed by atoms with Gasteiger partial charge in [0.05, 0.1) is 12.7 Å². The monoisotopic (exact) mass is 434 g/mol. The number of fused-ring (bicyclic) bond motifs is 1. The first-order chi connectivity index (χ1) is 15.4. The van der Waals surface area contributed by atoms with Crippen molar-refractivity contribution in [3.63, 3.8) is 0 Å². The fraction of sp³-hybridized carbons (Fsp3) is 0.385. The molecule has 0 unspecified atom stereocenters. The minimum atomic E-state index is -0.982. The van der Waals surface area contributed by atoms with Crippen molar-refractivity contribution in [3.8, 4) is 5.75 Å². The lowest BCUT2D eigenvalue weighted by Gasteiger charge is -2.21. The van der Waals surface area contributed by atoms with Crippen molar-refractivity contribution in [2.75, 3.05) is 20.7 Å². The maximum Gasteiger partial charge on any atom is 0.335 e. The van der Waals surface area contributed by atoms with Crippen LogP contribution in [0.5, 0.6) is 5.75 Å². The van der Waals surface area contributed by atoms with E-state index in [1.165, 1.54) is 25.7 Å². The fourth-order valence-corrected chi connectivity index (χ4v) is 4.86. The van der Waals surface area contributed by atoms with E-state index in [0.717, 1.165) is 28.6 Å². The first-order valence-corrected chi connectivity index (χ1v) is 11.1. The highest BCUT2D eigenvalue weighted by molar-refractivity contribution is 5.99. The van der Waals surface area contributed by atoms with E-state index in [2.05, 4.69) is 10.8 Å². The van der Waals surface area contributed by atoms with Crippen molar-refractivity contribution < 1.29 is 19.4 Å². The molecule has 1 aromatic heterocycles. The second-order valence-corrected chi connectivity index (χ2v) is 8.84. The molecule has 1 heterocycles. The lowest BCUT2D eigenvalue weighted by molar-refractivity contribution is 0.0695. The van der Waals surface area contributed by atoms with E-state index >= 15 is 0 Å². The summed E-state index contributed by atoms with van der Waals surface area (Å²) in [5, 5.41) is 10.3. The minimum absolute atomic E-state index is 0.0528. The molecule has 3 aromatic rings. The number of nitrogens with zero attached hydrogens (tertiary/aromatic N) is 2. The van der Waals surface area contributed by atoms with Crippen molar-refractivity contribution in [3.05, 3.63) is 64.8 Å². The first kappa shape index (κ1) is 21.9. The third-order valence-electron chi connectivity index (χ3n) is 6.59. The van der Waals surface area contributed by atoms with Crippen molar-refractivity contribution in [2.24, 2.45) is 13.0 Å². The molecule has 1 fully saturated rings. The summed E-state index contributed by atoms with van der Waals surface area (Å²) >= 11 is 0. The molecule has 6 nitrogen and oxygen atoms in total. The molecule has 1 aliphatic carbocycles. The van der Waals surface area contributed by atoms with Crippen LogP contribution in [0.4, 0.5) is 0 Å². The van der Waals surface area contributed by atoms with Gasteiger partial charge >= 0.3 is 5.97 Å². The van der Waals surface area contributed by atoms with Crippen molar-refractivity contribution in [1.82, 2.24) is 9.47 Å². The van der Waals surface area contributed by atoms with Crippen LogP contribution in [-0.2, 0) is 13.5 Å². The number of carboxylic acids is 1. The normalized spacial score (nSPS) is 14.1. The van der Waals surface area contributed by atoms with Crippen LogP contribution in [0.2, 0.25) is 0 Å². The molecule has 6 heteroatoms. The van der Waals surface area contributed by atoms with Gasteiger partial charge in [-0.15, -0.1) is 0 Å². The predicted octanol–water partition coefficient (Wildman–Crippen LogP) is 4.74. The number of rotatable bonds is 7. The number of aromatic carboxylic acids is 1. The Morgan fingerprint density at radius 1 is 1.09 bits per heavy atom. The van der Waals surface area contributed by atoms with Gasteiger partial charge in [-0.3, -0.25) is 4.79 Å². The molecular weight excluding hydrogens is 404 g/mol. The zero-order chi connectivity index (χ0) is 22.8. The Balaban J connectivity index is 1.63. The van der Waals surface area contributed by atoms with Gasteiger partial charge in [0.2, 0.25) is 0 Å². The Morgan fingerprint density at radius 3 is 2.50 bits per heavy atom. The summed E-state index contributed by atoms with van der Waals surface area (Å²) in [7, 11) is 5.43. The Bertz CT molecular complexity index is 1160. The van der Waals surface area contributed by atoms with E-state index in [9.17, 15) is 14.7 Å². The predicted molar refractivity (Wildman–Crippen MR) is 125 cm³/mol. The largest absolute Gasteiger partial charge is 0.496 e. The molecule has 0 saturated heterocycles. The van der Waals surface area contributed by atoms with Crippen molar-refractivity contribution in [1.29, 1.82) is 0 Å². The van der Waals surface area contributed by atoms with Gasteiger partial charge in [0.15, 0.2) is 0 Å². The Hall–Kier alpha value is -3.28. The molecule has 168 valence electrons. The molecule has 1 amide bonds. The van der Waals surface area contributed by atoms with Gasteiger partial charge < -0.3 is 19.3 Å². The number of carbonyl (C=O) groups is 2. The number of amides is 1. The zero-order valence-electron chi connectivity index (χ0n) is 18.9. The number of methoxy groups -OCH3 is 1. The average molecular weight is 435 g/mol. The zero-order valence-corrected chi connectivity index (χ0v) is 18.9. The molecule has 1 aliphatic rings. The van der Waals surface area contributed by atoms with Crippen LogP contribution in [-0.4, -0.2) is 47.2 Å². The highest BCUT2D eigenvalue weighted by Crippen LogP contribution is 2.30. The molecule has 2 aromatic carbocycles. The molecule has 1 N–H and O–H groups in total.